The number of benzene rings is 1. The van der Waals surface area contributed by atoms with E-state index in [-0.39, 0.29) is 11.8 Å². The minimum atomic E-state index is 0.0598. The Morgan fingerprint density at radius 3 is 2.29 bits per heavy atom. The molecule has 1 heterocycles. The number of rotatable bonds is 2. The van der Waals surface area contributed by atoms with Crippen LogP contribution in [0.5, 0.6) is 0 Å². The Labute approximate surface area is 147 Å². The van der Waals surface area contributed by atoms with Crippen molar-refractivity contribution in [3.05, 3.63) is 35.4 Å². The molecule has 1 aliphatic heterocycles. The van der Waals surface area contributed by atoms with Gasteiger partial charge in [0.05, 0.1) is 6.61 Å². The third kappa shape index (κ3) is 3.41. The van der Waals surface area contributed by atoms with Crippen molar-refractivity contribution in [1.29, 1.82) is 0 Å². The molecular weight excluding hydrogens is 294 g/mol. The molecule has 5 atom stereocenters. The minimum Gasteiger partial charge on any atom is -0.357 e. The van der Waals surface area contributed by atoms with E-state index >= 15 is 0 Å². The van der Waals surface area contributed by atoms with Crippen LogP contribution in [-0.4, -0.2) is 12.1 Å². The summed E-state index contributed by atoms with van der Waals surface area (Å²) < 4.78 is 5.91. The maximum Gasteiger partial charge on any atom is 0.134 e. The average Bonchev–Trinajstić information content (AvgIpc) is 2.94. The average molecular weight is 328 g/mol. The maximum absolute atomic E-state index is 5.91. The highest BCUT2D eigenvalue weighted by Crippen LogP contribution is 2.47. The zero-order valence-electron chi connectivity index (χ0n) is 15.6. The van der Waals surface area contributed by atoms with Crippen LogP contribution in [0.1, 0.15) is 82.6 Å². The summed E-state index contributed by atoms with van der Waals surface area (Å²) in [5.41, 5.74) is 2.90. The molecule has 0 bridgehead atoms. The van der Waals surface area contributed by atoms with E-state index in [1.165, 1.54) is 44.1 Å². The van der Waals surface area contributed by atoms with Gasteiger partial charge in [0.1, 0.15) is 6.23 Å². The first kappa shape index (κ1) is 16.6. The molecule has 1 aromatic rings. The molecule has 1 N–H and O–H groups in total. The fourth-order valence-corrected chi connectivity index (χ4v) is 5.28. The van der Waals surface area contributed by atoms with Crippen molar-refractivity contribution in [2.45, 2.75) is 77.0 Å². The Morgan fingerprint density at radius 1 is 0.917 bits per heavy atom. The molecule has 5 unspecified atom stereocenters. The van der Waals surface area contributed by atoms with E-state index in [0.29, 0.717) is 0 Å². The lowest BCUT2D eigenvalue weighted by atomic mass is 9.64. The molecule has 1 aromatic carbocycles. The monoisotopic (exact) mass is 327 g/mol. The zero-order valence-corrected chi connectivity index (χ0v) is 15.6. The number of ether oxygens (including phenoxy) is 1. The van der Waals surface area contributed by atoms with Gasteiger partial charge in [-0.15, -0.1) is 0 Å². The maximum atomic E-state index is 5.91. The second-order valence-corrected chi connectivity index (χ2v) is 9.33. The normalized spacial score (nSPS) is 38.7. The Balaban J connectivity index is 1.40. The van der Waals surface area contributed by atoms with Crippen molar-refractivity contribution in [2.75, 3.05) is 6.61 Å². The summed E-state index contributed by atoms with van der Waals surface area (Å²) in [4.78, 5) is 0. The molecule has 0 amide bonds. The fraction of sp³-hybridized carbons (Fsp3) is 0.727. The van der Waals surface area contributed by atoms with Gasteiger partial charge in [-0.05, 0) is 80.8 Å². The summed E-state index contributed by atoms with van der Waals surface area (Å²) >= 11 is 0. The molecule has 3 aliphatic rings. The van der Waals surface area contributed by atoms with Crippen LogP contribution in [0.15, 0.2) is 24.3 Å². The molecule has 3 fully saturated rings. The number of hydrogen-bond donors (Lipinski definition) is 1. The second-order valence-electron chi connectivity index (χ2n) is 9.33. The van der Waals surface area contributed by atoms with E-state index in [9.17, 15) is 0 Å². The van der Waals surface area contributed by atoms with E-state index in [1.807, 2.05) is 0 Å². The smallest absolute Gasteiger partial charge is 0.134 e. The molecule has 4 rings (SSSR count). The van der Waals surface area contributed by atoms with Crippen LogP contribution in [0.3, 0.4) is 0 Å². The van der Waals surface area contributed by atoms with Gasteiger partial charge in [0.25, 0.3) is 0 Å². The Kier molecular flexibility index (Phi) is 4.47. The molecular formula is C22H33NO. The highest BCUT2D eigenvalue weighted by Gasteiger charge is 2.35. The highest BCUT2D eigenvalue weighted by atomic mass is 16.5. The van der Waals surface area contributed by atoms with Gasteiger partial charge in [0.2, 0.25) is 0 Å². The van der Waals surface area contributed by atoms with Gasteiger partial charge < -0.3 is 4.74 Å². The number of hydrogen-bond acceptors (Lipinski definition) is 2. The molecule has 0 spiro atoms. The second kappa shape index (κ2) is 6.46. The van der Waals surface area contributed by atoms with Crippen molar-refractivity contribution in [3.63, 3.8) is 0 Å². The van der Waals surface area contributed by atoms with Crippen LogP contribution in [-0.2, 0) is 4.74 Å². The molecule has 1 saturated heterocycles. The van der Waals surface area contributed by atoms with Crippen LogP contribution in [0.2, 0.25) is 0 Å². The van der Waals surface area contributed by atoms with Gasteiger partial charge in [-0.2, -0.15) is 0 Å². The van der Waals surface area contributed by atoms with Crippen molar-refractivity contribution < 1.29 is 4.74 Å². The topological polar surface area (TPSA) is 21.3 Å². The van der Waals surface area contributed by atoms with Crippen LogP contribution >= 0.6 is 0 Å². The molecule has 24 heavy (non-hydrogen) atoms. The van der Waals surface area contributed by atoms with Gasteiger partial charge in [0.15, 0.2) is 0 Å². The lowest BCUT2D eigenvalue weighted by Crippen LogP contribution is -2.35. The van der Waals surface area contributed by atoms with E-state index in [1.54, 1.807) is 5.56 Å². The van der Waals surface area contributed by atoms with Crippen LogP contribution in [0.25, 0.3) is 0 Å². The van der Waals surface area contributed by atoms with Gasteiger partial charge in [-0.3, -0.25) is 5.32 Å². The molecule has 2 nitrogen and oxygen atoms in total. The van der Waals surface area contributed by atoms with Crippen LogP contribution in [0, 0.1) is 17.8 Å². The van der Waals surface area contributed by atoms with Crippen LogP contribution in [0.4, 0.5) is 0 Å². The Hall–Kier alpha value is -0.860. The van der Waals surface area contributed by atoms with Gasteiger partial charge in [-0.25, -0.2) is 0 Å². The highest BCUT2D eigenvalue weighted by molar-refractivity contribution is 5.28. The molecule has 2 heteroatoms. The number of nitrogens with one attached hydrogen (secondary N) is 1. The summed E-state index contributed by atoms with van der Waals surface area (Å²) in [6.45, 7) is 7.63. The first-order chi connectivity index (χ1) is 11.5. The standard InChI is InChI=1S/C22H33NO/c1-15-4-5-20-13-19(11-10-18(20)12-15)16-6-8-17(9-7-16)21-23-22(2,3)14-24-21/h6-9,15,18-21,23H,4-5,10-14H2,1-3H3. The largest absolute Gasteiger partial charge is 0.357 e. The van der Waals surface area contributed by atoms with Crippen molar-refractivity contribution in [1.82, 2.24) is 5.32 Å². The Bertz CT molecular complexity index is 564. The quantitative estimate of drug-likeness (QED) is 0.785. The summed E-state index contributed by atoms with van der Waals surface area (Å²) in [6.07, 6.45) is 8.72. The minimum absolute atomic E-state index is 0.0598. The fourth-order valence-electron chi connectivity index (χ4n) is 5.28. The van der Waals surface area contributed by atoms with Crippen molar-refractivity contribution in [2.24, 2.45) is 17.8 Å². The van der Waals surface area contributed by atoms with E-state index < -0.39 is 0 Å². The third-order valence-corrected chi connectivity index (χ3v) is 6.72. The first-order valence-corrected chi connectivity index (χ1v) is 9.99. The van der Waals surface area contributed by atoms with E-state index in [2.05, 4.69) is 50.4 Å². The van der Waals surface area contributed by atoms with E-state index in [0.717, 1.165) is 30.3 Å². The molecule has 132 valence electrons. The van der Waals surface area contributed by atoms with Crippen molar-refractivity contribution >= 4 is 0 Å². The van der Waals surface area contributed by atoms with Gasteiger partial charge in [0, 0.05) is 5.54 Å². The number of fused-ring (bicyclic) bond motifs is 1. The molecule has 0 aromatic heterocycles. The summed E-state index contributed by atoms with van der Waals surface area (Å²) in [6, 6.07) is 9.29. The van der Waals surface area contributed by atoms with E-state index in [4.69, 9.17) is 4.74 Å². The third-order valence-electron chi connectivity index (χ3n) is 6.72. The molecule has 0 radical (unpaired) electrons. The zero-order chi connectivity index (χ0) is 16.7. The summed E-state index contributed by atoms with van der Waals surface area (Å²) in [7, 11) is 0. The lowest BCUT2D eigenvalue weighted by molar-refractivity contribution is 0.0988. The Morgan fingerprint density at radius 2 is 1.58 bits per heavy atom. The predicted molar refractivity (Wildman–Crippen MR) is 98.9 cm³/mol. The summed E-state index contributed by atoms with van der Waals surface area (Å²) in [5, 5.41) is 3.56. The first-order valence-electron chi connectivity index (χ1n) is 9.99. The van der Waals surface area contributed by atoms with Gasteiger partial charge >= 0.3 is 0 Å². The van der Waals surface area contributed by atoms with Crippen molar-refractivity contribution in [3.8, 4) is 0 Å². The predicted octanol–water partition coefficient (Wildman–Crippen LogP) is 5.40. The molecule has 2 saturated carbocycles. The summed E-state index contributed by atoms with van der Waals surface area (Å²) in [5.74, 6) is 3.75. The van der Waals surface area contributed by atoms with Gasteiger partial charge in [-0.1, -0.05) is 37.6 Å². The van der Waals surface area contributed by atoms with Crippen LogP contribution < -0.4 is 5.32 Å². The lowest BCUT2D eigenvalue weighted by Gasteiger charge is -2.41. The SMILES string of the molecule is CC1CCC2CC(c3ccc(C4NC(C)(C)CO4)cc3)CCC2C1. The molecule has 2 aliphatic carbocycles.